The third kappa shape index (κ3) is 2.61. The third-order valence-electron chi connectivity index (χ3n) is 2.53. The van der Waals surface area contributed by atoms with E-state index in [-0.39, 0.29) is 6.54 Å². The van der Waals surface area contributed by atoms with E-state index < -0.39 is 17.5 Å². The van der Waals surface area contributed by atoms with Gasteiger partial charge in [0.1, 0.15) is 0 Å². The topological polar surface area (TPSA) is 24.9 Å². The molecule has 1 N–H and O–H groups in total. The molecular weight excluding hydrogens is 241 g/mol. The zero-order valence-electron chi connectivity index (χ0n) is 9.67. The molecule has 0 saturated heterocycles. The van der Waals surface area contributed by atoms with E-state index in [4.69, 9.17) is 0 Å². The molecular formula is C13H11F3N2. The molecule has 2 rings (SSSR count). The van der Waals surface area contributed by atoms with Crippen LogP contribution in [-0.4, -0.2) is 4.98 Å². The van der Waals surface area contributed by atoms with Crippen molar-refractivity contribution in [1.29, 1.82) is 0 Å². The Balaban J connectivity index is 2.14. The van der Waals surface area contributed by atoms with Crippen LogP contribution in [0.4, 0.5) is 18.9 Å². The number of hydrogen-bond acceptors (Lipinski definition) is 2. The minimum atomic E-state index is -1.45. The normalized spacial score (nSPS) is 10.4. The maximum Gasteiger partial charge on any atom is 0.194 e. The Kier molecular flexibility index (Phi) is 3.50. The molecule has 0 bridgehead atoms. The predicted molar refractivity (Wildman–Crippen MR) is 62.6 cm³/mol. The van der Waals surface area contributed by atoms with Gasteiger partial charge in [-0.15, -0.1) is 0 Å². The first kappa shape index (κ1) is 12.4. The van der Waals surface area contributed by atoms with Gasteiger partial charge in [-0.1, -0.05) is 0 Å². The van der Waals surface area contributed by atoms with Gasteiger partial charge in [-0.3, -0.25) is 4.98 Å². The summed E-state index contributed by atoms with van der Waals surface area (Å²) in [5.74, 6) is -3.82. The Morgan fingerprint density at radius 3 is 2.44 bits per heavy atom. The highest BCUT2D eigenvalue weighted by atomic mass is 19.2. The fourth-order valence-corrected chi connectivity index (χ4v) is 1.58. The van der Waals surface area contributed by atoms with Crippen LogP contribution in [0.5, 0.6) is 0 Å². The molecule has 0 saturated carbocycles. The van der Waals surface area contributed by atoms with Crippen LogP contribution >= 0.6 is 0 Å². The summed E-state index contributed by atoms with van der Waals surface area (Å²) in [6.45, 7) is 2.01. The fraction of sp³-hybridized carbons (Fsp3) is 0.154. The quantitative estimate of drug-likeness (QED) is 0.847. The lowest BCUT2D eigenvalue weighted by atomic mass is 10.2. The third-order valence-corrected chi connectivity index (χ3v) is 2.53. The zero-order chi connectivity index (χ0) is 13.1. The van der Waals surface area contributed by atoms with E-state index in [1.807, 2.05) is 6.92 Å². The second kappa shape index (κ2) is 5.08. The average molecular weight is 252 g/mol. The number of nitrogens with zero attached hydrogens (tertiary/aromatic N) is 1. The zero-order valence-corrected chi connectivity index (χ0v) is 9.67. The molecule has 1 aromatic heterocycles. The maximum absolute atomic E-state index is 13.0. The molecule has 0 aliphatic carbocycles. The Hall–Kier alpha value is -2.04. The lowest BCUT2D eigenvalue weighted by molar-refractivity contribution is 0.445. The molecule has 0 aliphatic rings. The first-order chi connectivity index (χ1) is 8.58. The molecule has 0 radical (unpaired) electrons. The van der Waals surface area contributed by atoms with Crippen LogP contribution in [0, 0.1) is 24.4 Å². The molecule has 0 atom stereocenters. The van der Waals surface area contributed by atoms with E-state index in [2.05, 4.69) is 10.3 Å². The van der Waals surface area contributed by atoms with E-state index in [9.17, 15) is 13.2 Å². The highest BCUT2D eigenvalue weighted by molar-refractivity contribution is 5.47. The minimum absolute atomic E-state index is 0.195. The molecule has 18 heavy (non-hydrogen) atoms. The van der Waals surface area contributed by atoms with Crippen LogP contribution in [0.2, 0.25) is 0 Å². The number of nitrogens with one attached hydrogen (secondary N) is 1. The summed E-state index contributed by atoms with van der Waals surface area (Å²) < 4.78 is 38.7. The monoisotopic (exact) mass is 252 g/mol. The molecule has 5 heteroatoms. The summed E-state index contributed by atoms with van der Waals surface area (Å²) in [5.41, 5.74) is 1.87. The average Bonchev–Trinajstić information content (AvgIpc) is 2.35. The van der Waals surface area contributed by atoms with Gasteiger partial charge < -0.3 is 5.32 Å². The van der Waals surface area contributed by atoms with Crippen molar-refractivity contribution < 1.29 is 13.2 Å². The van der Waals surface area contributed by atoms with E-state index in [1.165, 1.54) is 0 Å². The Bertz CT molecular complexity index is 547. The van der Waals surface area contributed by atoms with Crippen molar-refractivity contribution in [1.82, 2.24) is 4.98 Å². The molecule has 2 aromatic rings. The second-order valence-corrected chi connectivity index (χ2v) is 3.86. The summed E-state index contributed by atoms with van der Waals surface area (Å²) >= 11 is 0. The Labute approximate surface area is 102 Å². The van der Waals surface area contributed by atoms with Crippen molar-refractivity contribution >= 4 is 5.69 Å². The van der Waals surface area contributed by atoms with Crippen molar-refractivity contribution in [3.63, 3.8) is 0 Å². The highest BCUT2D eigenvalue weighted by Gasteiger charge is 2.10. The molecule has 0 amide bonds. The molecule has 0 unspecified atom stereocenters. The number of pyridine rings is 1. The lowest BCUT2D eigenvalue weighted by Gasteiger charge is -2.09. The summed E-state index contributed by atoms with van der Waals surface area (Å²) in [6.07, 6.45) is 1.65. The number of rotatable bonds is 3. The van der Waals surface area contributed by atoms with Gasteiger partial charge in [-0.2, -0.15) is 0 Å². The van der Waals surface area contributed by atoms with Crippen LogP contribution in [0.15, 0.2) is 30.5 Å². The van der Waals surface area contributed by atoms with E-state index in [0.29, 0.717) is 5.56 Å². The van der Waals surface area contributed by atoms with Crippen LogP contribution in [-0.2, 0) is 6.54 Å². The van der Waals surface area contributed by atoms with Gasteiger partial charge >= 0.3 is 0 Å². The van der Waals surface area contributed by atoms with Crippen molar-refractivity contribution in [3.8, 4) is 0 Å². The first-order valence-electron chi connectivity index (χ1n) is 5.37. The second-order valence-electron chi connectivity index (χ2n) is 3.86. The van der Waals surface area contributed by atoms with Gasteiger partial charge in [-0.05, 0) is 36.8 Å². The van der Waals surface area contributed by atoms with E-state index in [0.717, 1.165) is 23.5 Å². The number of aryl methyl sites for hydroxylation is 1. The van der Waals surface area contributed by atoms with E-state index in [1.54, 1.807) is 18.3 Å². The number of hydrogen-bond donors (Lipinski definition) is 1. The van der Waals surface area contributed by atoms with Gasteiger partial charge in [0.05, 0.1) is 11.4 Å². The molecule has 2 nitrogen and oxygen atoms in total. The lowest BCUT2D eigenvalue weighted by Crippen LogP contribution is -2.04. The largest absolute Gasteiger partial charge is 0.379 e. The number of aromatic nitrogens is 1. The van der Waals surface area contributed by atoms with Crippen molar-refractivity contribution in [2.45, 2.75) is 13.5 Å². The van der Waals surface area contributed by atoms with Crippen molar-refractivity contribution in [2.75, 3.05) is 5.32 Å². The van der Waals surface area contributed by atoms with Crippen LogP contribution < -0.4 is 5.32 Å². The van der Waals surface area contributed by atoms with Crippen LogP contribution in [0.3, 0.4) is 0 Å². The molecule has 1 heterocycles. The molecule has 1 aromatic carbocycles. The highest BCUT2D eigenvalue weighted by Crippen LogP contribution is 2.16. The summed E-state index contributed by atoms with van der Waals surface area (Å²) in [5, 5.41) is 2.98. The fourth-order valence-electron chi connectivity index (χ4n) is 1.58. The number of halogens is 3. The van der Waals surface area contributed by atoms with Crippen molar-refractivity contribution in [3.05, 3.63) is 59.2 Å². The first-order valence-corrected chi connectivity index (χ1v) is 5.37. The summed E-state index contributed by atoms with van der Waals surface area (Å²) in [6, 6.07) is 5.49. The SMILES string of the molecule is Cc1ncccc1NCc1cc(F)c(F)c(F)c1. The molecule has 94 valence electrons. The Morgan fingerprint density at radius 2 is 1.83 bits per heavy atom. The van der Waals surface area contributed by atoms with Gasteiger partial charge in [-0.25, -0.2) is 13.2 Å². The van der Waals surface area contributed by atoms with Crippen LogP contribution in [0.25, 0.3) is 0 Å². The smallest absolute Gasteiger partial charge is 0.194 e. The predicted octanol–water partition coefficient (Wildman–Crippen LogP) is 3.42. The van der Waals surface area contributed by atoms with Crippen molar-refractivity contribution in [2.24, 2.45) is 0 Å². The Morgan fingerprint density at radius 1 is 1.17 bits per heavy atom. The van der Waals surface area contributed by atoms with Gasteiger partial charge in [0.2, 0.25) is 0 Å². The summed E-state index contributed by atoms with van der Waals surface area (Å²) in [7, 11) is 0. The minimum Gasteiger partial charge on any atom is -0.379 e. The maximum atomic E-state index is 13.0. The molecule has 0 spiro atoms. The van der Waals surface area contributed by atoms with E-state index >= 15 is 0 Å². The van der Waals surface area contributed by atoms with Gasteiger partial charge in [0.15, 0.2) is 17.5 Å². The summed E-state index contributed by atoms with van der Waals surface area (Å²) in [4.78, 5) is 4.07. The number of anilines is 1. The number of benzene rings is 1. The standard InChI is InChI=1S/C13H11F3N2/c1-8-12(3-2-4-17-8)18-7-9-5-10(14)13(16)11(15)6-9/h2-6,18H,7H2,1H3. The molecule has 0 fully saturated rings. The molecule has 0 aliphatic heterocycles. The van der Waals surface area contributed by atoms with Gasteiger partial charge in [0, 0.05) is 12.7 Å². The van der Waals surface area contributed by atoms with Crippen LogP contribution in [0.1, 0.15) is 11.3 Å². The van der Waals surface area contributed by atoms with Gasteiger partial charge in [0.25, 0.3) is 0 Å².